The molecular weight excluding hydrogens is 276 g/mol. The van der Waals surface area contributed by atoms with E-state index in [1.807, 2.05) is 6.92 Å². The molecule has 120 valence electrons. The Morgan fingerprint density at radius 2 is 2.05 bits per heavy atom. The summed E-state index contributed by atoms with van der Waals surface area (Å²) in [6.07, 6.45) is 1.38. The first-order valence-electron chi connectivity index (χ1n) is 7.35. The van der Waals surface area contributed by atoms with Gasteiger partial charge in [-0.15, -0.1) is 0 Å². The Hall–Kier alpha value is -1.79. The Balaban J connectivity index is 2.31. The van der Waals surface area contributed by atoms with Gasteiger partial charge in [-0.3, -0.25) is 9.59 Å². The number of carbonyl (C=O) groups excluding carboxylic acids is 2. The van der Waals surface area contributed by atoms with E-state index in [-0.39, 0.29) is 30.9 Å². The summed E-state index contributed by atoms with van der Waals surface area (Å²) in [7, 11) is 0. The van der Waals surface area contributed by atoms with Crippen molar-refractivity contribution in [2.24, 2.45) is 11.8 Å². The molecule has 2 unspecified atom stereocenters. The number of carboxylic acids is 1. The van der Waals surface area contributed by atoms with Crippen LogP contribution in [0, 0.1) is 11.8 Å². The molecule has 1 fully saturated rings. The lowest BCUT2D eigenvalue weighted by atomic mass is 9.91. The average molecular weight is 300 g/mol. The third-order valence-corrected chi connectivity index (χ3v) is 3.44. The molecule has 7 heteroatoms. The second-order valence-electron chi connectivity index (χ2n) is 5.42. The van der Waals surface area contributed by atoms with E-state index in [9.17, 15) is 14.4 Å². The maximum absolute atomic E-state index is 12.0. The van der Waals surface area contributed by atoms with Crippen LogP contribution in [0.15, 0.2) is 0 Å². The quantitative estimate of drug-likeness (QED) is 0.565. The second-order valence-corrected chi connectivity index (χ2v) is 5.42. The number of hydrogen-bond acceptors (Lipinski definition) is 4. The first kappa shape index (κ1) is 17.3. The van der Waals surface area contributed by atoms with E-state index in [1.54, 1.807) is 6.92 Å². The topological polar surface area (TPSA) is 95.9 Å². The van der Waals surface area contributed by atoms with E-state index in [0.717, 1.165) is 0 Å². The molecule has 2 N–H and O–H groups in total. The van der Waals surface area contributed by atoms with Gasteiger partial charge in [-0.2, -0.15) is 0 Å². The summed E-state index contributed by atoms with van der Waals surface area (Å²) in [5.74, 6) is -1.46. The molecule has 0 radical (unpaired) electrons. The highest BCUT2D eigenvalue weighted by Crippen LogP contribution is 2.21. The van der Waals surface area contributed by atoms with Gasteiger partial charge >= 0.3 is 18.0 Å². The molecule has 2 atom stereocenters. The Morgan fingerprint density at radius 1 is 1.33 bits per heavy atom. The van der Waals surface area contributed by atoms with Gasteiger partial charge in [-0.1, -0.05) is 6.92 Å². The molecule has 21 heavy (non-hydrogen) atoms. The van der Waals surface area contributed by atoms with Crippen molar-refractivity contribution in [2.45, 2.75) is 33.1 Å². The molecule has 0 aromatic carbocycles. The Labute approximate surface area is 124 Å². The molecule has 0 bridgehead atoms. The van der Waals surface area contributed by atoms with E-state index >= 15 is 0 Å². The van der Waals surface area contributed by atoms with Crippen molar-refractivity contribution in [1.29, 1.82) is 0 Å². The zero-order valence-electron chi connectivity index (χ0n) is 12.6. The molecule has 2 amide bonds. The number of nitrogens with one attached hydrogen (secondary N) is 1. The summed E-state index contributed by atoms with van der Waals surface area (Å²) in [6.45, 7) is 5.22. The molecule has 1 heterocycles. The van der Waals surface area contributed by atoms with Crippen LogP contribution in [0.2, 0.25) is 0 Å². The molecule has 1 aliphatic heterocycles. The molecule has 0 aromatic rings. The molecule has 1 rings (SSSR count). The molecule has 0 saturated carbocycles. The van der Waals surface area contributed by atoms with Crippen molar-refractivity contribution in [3.63, 3.8) is 0 Å². The van der Waals surface area contributed by atoms with Crippen molar-refractivity contribution < 1.29 is 24.2 Å². The van der Waals surface area contributed by atoms with E-state index in [2.05, 4.69) is 5.32 Å². The van der Waals surface area contributed by atoms with Gasteiger partial charge in [0.05, 0.1) is 12.5 Å². The summed E-state index contributed by atoms with van der Waals surface area (Å²) in [5.41, 5.74) is 0. The molecular formula is C14H24N2O5. The lowest BCUT2D eigenvalue weighted by Gasteiger charge is -2.34. The molecule has 7 nitrogen and oxygen atoms in total. The highest BCUT2D eigenvalue weighted by molar-refractivity contribution is 5.76. The van der Waals surface area contributed by atoms with Crippen molar-refractivity contribution in [3.05, 3.63) is 0 Å². The van der Waals surface area contributed by atoms with Crippen LogP contribution in [-0.2, 0) is 14.3 Å². The molecule has 0 aliphatic carbocycles. The maximum Gasteiger partial charge on any atom is 0.317 e. The first-order valence-corrected chi connectivity index (χ1v) is 7.35. The minimum Gasteiger partial charge on any atom is -0.481 e. The van der Waals surface area contributed by atoms with Gasteiger partial charge in [-0.05, 0) is 25.7 Å². The number of aliphatic carboxylic acids is 1. The largest absolute Gasteiger partial charge is 0.481 e. The van der Waals surface area contributed by atoms with Gasteiger partial charge in [0.2, 0.25) is 0 Å². The maximum atomic E-state index is 12.0. The van der Waals surface area contributed by atoms with Gasteiger partial charge in [-0.25, -0.2) is 4.79 Å². The van der Waals surface area contributed by atoms with E-state index in [4.69, 9.17) is 9.84 Å². The monoisotopic (exact) mass is 300 g/mol. The molecule has 0 aromatic heterocycles. The lowest BCUT2D eigenvalue weighted by molar-refractivity contribution is -0.144. The number of esters is 1. The van der Waals surface area contributed by atoms with Crippen LogP contribution in [0.1, 0.15) is 33.1 Å². The van der Waals surface area contributed by atoms with Gasteiger partial charge in [0.1, 0.15) is 0 Å². The number of piperidine rings is 1. The van der Waals surface area contributed by atoms with Crippen LogP contribution >= 0.6 is 0 Å². The summed E-state index contributed by atoms with van der Waals surface area (Å²) < 4.78 is 4.79. The van der Waals surface area contributed by atoms with Crippen LogP contribution in [0.3, 0.4) is 0 Å². The van der Waals surface area contributed by atoms with Crippen LogP contribution in [0.5, 0.6) is 0 Å². The fraction of sp³-hybridized carbons (Fsp3) is 0.786. The fourth-order valence-electron chi connectivity index (χ4n) is 2.47. The summed E-state index contributed by atoms with van der Waals surface area (Å²) >= 11 is 0. The van der Waals surface area contributed by atoms with Gasteiger partial charge < -0.3 is 20.1 Å². The third kappa shape index (κ3) is 6.01. The van der Waals surface area contributed by atoms with Crippen molar-refractivity contribution >= 4 is 18.0 Å². The number of carboxylic acid groups (broad SMARTS) is 1. The zero-order chi connectivity index (χ0) is 15.8. The van der Waals surface area contributed by atoms with Crippen LogP contribution < -0.4 is 5.32 Å². The summed E-state index contributed by atoms with van der Waals surface area (Å²) in [4.78, 5) is 35.7. The van der Waals surface area contributed by atoms with Gasteiger partial charge in [0.15, 0.2) is 0 Å². The SMILES string of the molecule is CCOC(=O)CCCNC(=O)N1CC(C)CC(C(=O)O)C1. The number of likely N-dealkylation sites (tertiary alicyclic amines) is 1. The predicted molar refractivity (Wildman–Crippen MR) is 75.7 cm³/mol. The standard InChI is InChI=1S/C14H24N2O5/c1-3-21-12(17)5-4-6-15-14(20)16-8-10(2)7-11(9-16)13(18)19/h10-11H,3-9H2,1-2H3,(H,15,20)(H,18,19). The zero-order valence-corrected chi connectivity index (χ0v) is 12.6. The summed E-state index contributed by atoms with van der Waals surface area (Å²) in [6, 6.07) is -0.267. The molecule has 1 aliphatic rings. The Bertz CT molecular complexity index is 386. The van der Waals surface area contributed by atoms with Gasteiger partial charge in [0, 0.05) is 26.1 Å². The first-order chi connectivity index (χ1) is 9.93. The number of nitrogens with zero attached hydrogens (tertiary/aromatic N) is 1. The predicted octanol–water partition coefficient (Wildman–Crippen LogP) is 1.08. The Morgan fingerprint density at radius 3 is 2.67 bits per heavy atom. The number of amides is 2. The number of rotatable bonds is 6. The number of hydrogen-bond donors (Lipinski definition) is 2. The highest BCUT2D eigenvalue weighted by atomic mass is 16.5. The molecule has 1 saturated heterocycles. The van der Waals surface area contributed by atoms with Crippen LogP contribution in [-0.4, -0.2) is 54.2 Å². The Kier molecular flexibility index (Phi) is 6.98. The number of urea groups is 1. The average Bonchev–Trinajstić information content (AvgIpc) is 2.43. The van der Waals surface area contributed by atoms with Crippen molar-refractivity contribution in [2.75, 3.05) is 26.2 Å². The lowest BCUT2D eigenvalue weighted by Crippen LogP contribution is -2.49. The smallest absolute Gasteiger partial charge is 0.317 e. The number of ether oxygens (including phenoxy) is 1. The second kappa shape index (κ2) is 8.49. The van der Waals surface area contributed by atoms with Gasteiger partial charge in [0.25, 0.3) is 0 Å². The van der Waals surface area contributed by atoms with Crippen LogP contribution in [0.25, 0.3) is 0 Å². The van der Waals surface area contributed by atoms with Crippen molar-refractivity contribution in [1.82, 2.24) is 10.2 Å². The van der Waals surface area contributed by atoms with E-state index in [0.29, 0.717) is 32.5 Å². The van der Waals surface area contributed by atoms with Crippen LogP contribution in [0.4, 0.5) is 4.79 Å². The minimum absolute atomic E-state index is 0.171. The highest BCUT2D eigenvalue weighted by Gasteiger charge is 2.31. The number of carbonyl (C=O) groups is 3. The fourth-order valence-corrected chi connectivity index (χ4v) is 2.47. The minimum atomic E-state index is -0.860. The molecule has 0 spiro atoms. The van der Waals surface area contributed by atoms with E-state index < -0.39 is 11.9 Å². The van der Waals surface area contributed by atoms with E-state index in [1.165, 1.54) is 4.90 Å². The third-order valence-electron chi connectivity index (χ3n) is 3.44. The summed E-state index contributed by atoms with van der Waals surface area (Å²) in [5, 5.41) is 11.8. The normalized spacial score (nSPS) is 21.7. The van der Waals surface area contributed by atoms with Crippen molar-refractivity contribution in [3.8, 4) is 0 Å².